The topological polar surface area (TPSA) is 122 Å². The number of nitrogens with two attached hydrogens (primary N) is 1. The number of fused-ring (bicyclic) bond motifs is 2. The predicted octanol–water partition coefficient (Wildman–Crippen LogP) is 4.91. The third-order valence-corrected chi connectivity index (χ3v) is 6.47. The number of aromatic nitrogens is 2. The van der Waals surface area contributed by atoms with Crippen molar-refractivity contribution < 1.29 is 18.4 Å². The molecule has 186 valence electrons. The lowest BCUT2D eigenvalue weighted by molar-refractivity contribution is -0.121. The van der Waals surface area contributed by atoms with Crippen molar-refractivity contribution in [2.45, 2.75) is 19.3 Å². The highest BCUT2D eigenvalue weighted by Gasteiger charge is 2.37. The number of nitrogens with zero attached hydrogens (tertiary/aromatic N) is 2. The van der Waals surface area contributed by atoms with E-state index in [-0.39, 0.29) is 11.6 Å². The number of hydrogen-bond donors (Lipinski definition) is 4. The lowest BCUT2D eigenvalue weighted by Gasteiger charge is -2.29. The van der Waals surface area contributed by atoms with E-state index in [1.54, 1.807) is 68.6 Å². The highest BCUT2D eigenvalue weighted by Crippen LogP contribution is 2.39. The van der Waals surface area contributed by atoms with E-state index in [2.05, 4.69) is 25.9 Å². The van der Waals surface area contributed by atoms with Crippen LogP contribution in [0.3, 0.4) is 0 Å². The number of rotatable bonds is 5. The minimum absolute atomic E-state index is 0.171. The fourth-order valence-electron chi connectivity index (χ4n) is 4.47. The van der Waals surface area contributed by atoms with Gasteiger partial charge in [-0.25, -0.2) is 0 Å². The van der Waals surface area contributed by atoms with Crippen LogP contribution in [0.15, 0.2) is 66.9 Å². The van der Waals surface area contributed by atoms with Crippen LogP contribution in [0.1, 0.15) is 34.1 Å². The fourth-order valence-corrected chi connectivity index (χ4v) is 4.47. The van der Waals surface area contributed by atoms with Gasteiger partial charge >= 0.3 is 0 Å². The zero-order valence-corrected chi connectivity index (χ0v) is 19.9. The van der Waals surface area contributed by atoms with Gasteiger partial charge in [0.25, 0.3) is 5.91 Å². The lowest BCUT2D eigenvalue weighted by atomic mass is 9.74. The van der Waals surface area contributed by atoms with Crippen LogP contribution in [0.25, 0.3) is 0 Å². The standard InChI is InChI=1S/C27H22F2N6O2/c1-14-19(4-3-9-31-14)27(2,26(30)37)15-5-8-20-22(10-15)34-25(36)18-7-6-16(11-21(18)33-20)32-17-12-23(28)35-24(29)13-17/h3-13,33H,1-2H3,(H2,30,37)(H,32,35)(H,34,36). The Balaban J connectivity index is 1.52. The molecule has 4 aromatic rings. The van der Waals surface area contributed by atoms with Crippen LogP contribution in [0.2, 0.25) is 0 Å². The summed E-state index contributed by atoms with van der Waals surface area (Å²) >= 11 is 0. The summed E-state index contributed by atoms with van der Waals surface area (Å²) in [7, 11) is 0. The Bertz CT molecular complexity index is 1550. The molecule has 0 fully saturated rings. The predicted molar refractivity (Wildman–Crippen MR) is 136 cm³/mol. The Kier molecular flexibility index (Phi) is 5.79. The molecule has 2 amide bonds. The first-order valence-electron chi connectivity index (χ1n) is 11.3. The van der Waals surface area contributed by atoms with Gasteiger partial charge in [-0.15, -0.1) is 0 Å². The Morgan fingerprint density at radius 1 is 0.946 bits per heavy atom. The van der Waals surface area contributed by atoms with E-state index < -0.39 is 23.2 Å². The normalized spacial score (nSPS) is 13.8. The average Bonchev–Trinajstić information content (AvgIpc) is 2.97. The molecule has 0 radical (unpaired) electrons. The van der Waals surface area contributed by atoms with Crippen molar-refractivity contribution in [3.8, 4) is 0 Å². The van der Waals surface area contributed by atoms with E-state index >= 15 is 0 Å². The molecule has 0 saturated carbocycles. The van der Waals surface area contributed by atoms with Crippen LogP contribution in [-0.4, -0.2) is 21.8 Å². The number of anilines is 5. The van der Waals surface area contributed by atoms with Crippen molar-refractivity contribution in [2.75, 3.05) is 16.0 Å². The van der Waals surface area contributed by atoms with Gasteiger partial charge in [-0.2, -0.15) is 13.8 Å². The number of halogens is 2. The second-order valence-electron chi connectivity index (χ2n) is 8.85. The molecule has 1 unspecified atom stereocenters. The summed E-state index contributed by atoms with van der Waals surface area (Å²) in [4.78, 5) is 33.2. The number of carbonyl (C=O) groups is 2. The molecule has 2 aromatic carbocycles. The lowest BCUT2D eigenvalue weighted by Crippen LogP contribution is -2.40. The van der Waals surface area contributed by atoms with Crippen LogP contribution in [0.5, 0.6) is 0 Å². The van der Waals surface area contributed by atoms with Crippen molar-refractivity contribution in [3.05, 3.63) is 101 Å². The summed E-state index contributed by atoms with van der Waals surface area (Å²) in [5.74, 6) is -2.84. The highest BCUT2D eigenvalue weighted by atomic mass is 19.1. The molecule has 37 heavy (non-hydrogen) atoms. The Morgan fingerprint density at radius 3 is 2.41 bits per heavy atom. The number of primary amides is 1. The highest BCUT2D eigenvalue weighted by molar-refractivity contribution is 6.12. The quantitative estimate of drug-likeness (QED) is 0.289. The molecule has 0 bridgehead atoms. The third-order valence-electron chi connectivity index (χ3n) is 6.47. The Labute approximate surface area is 211 Å². The van der Waals surface area contributed by atoms with Gasteiger partial charge in [-0.05, 0) is 61.4 Å². The van der Waals surface area contributed by atoms with Crippen molar-refractivity contribution in [3.63, 3.8) is 0 Å². The summed E-state index contributed by atoms with van der Waals surface area (Å²) in [6.07, 6.45) is 1.64. The maximum atomic E-state index is 13.5. The number of nitrogens with one attached hydrogen (secondary N) is 3. The number of hydrogen-bond acceptors (Lipinski definition) is 6. The SMILES string of the molecule is Cc1ncccc1C(C)(C(N)=O)c1ccc2c(c1)NC(=O)c1ccc(Nc3cc(F)nc(F)c3)cc1N2. The molecule has 10 heteroatoms. The van der Waals surface area contributed by atoms with Gasteiger partial charge in [-0.1, -0.05) is 12.1 Å². The van der Waals surface area contributed by atoms with Crippen molar-refractivity contribution in [2.24, 2.45) is 5.73 Å². The van der Waals surface area contributed by atoms with Crippen molar-refractivity contribution >= 4 is 40.3 Å². The molecule has 5 rings (SSSR count). The minimum atomic E-state index is -1.19. The van der Waals surface area contributed by atoms with Crippen LogP contribution < -0.4 is 21.7 Å². The first-order chi connectivity index (χ1) is 17.6. The number of aryl methyl sites for hydroxylation is 1. The molecule has 5 N–H and O–H groups in total. The van der Waals surface area contributed by atoms with Gasteiger partial charge in [0.15, 0.2) is 0 Å². The summed E-state index contributed by atoms with van der Waals surface area (Å²) in [5.41, 5.74) is 9.16. The average molecular weight is 501 g/mol. The smallest absolute Gasteiger partial charge is 0.257 e. The number of carbonyl (C=O) groups excluding carboxylic acids is 2. The van der Waals surface area contributed by atoms with Crippen LogP contribution in [0.4, 0.5) is 37.2 Å². The summed E-state index contributed by atoms with van der Waals surface area (Å²) in [6, 6.07) is 15.8. The molecule has 0 aliphatic carbocycles. The van der Waals surface area contributed by atoms with E-state index in [4.69, 9.17) is 5.73 Å². The van der Waals surface area contributed by atoms with Gasteiger partial charge < -0.3 is 21.7 Å². The van der Waals surface area contributed by atoms with Gasteiger partial charge in [0, 0.05) is 35.4 Å². The number of benzene rings is 2. The van der Waals surface area contributed by atoms with Crippen LogP contribution >= 0.6 is 0 Å². The monoisotopic (exact) mass is 500 g/mol. The third kappa shape index (κ3) is 4.33. The maximum absolute atomic E-state index is 13.5. The van der Waals surface area contributed by atoms with Gasteiger partial charge in [0.05, 0.1) is 28.0 Å². The molecule has 1 aliphatic heterocycles. The largest absolute Gasteiger partial charge is 0.369 e. The molecule has 8 nitrogen and oxygen atoms in total. The molecule has 0 saturated heterocycles. The first kappa shape index (κ1) is 23.9. The number of amides is 2. The minimum Gasteiger partial charge on any atom is -0.369 e. The Hall–Kier alpha value is -4.86. The molecular weight excluding hydrogens is 478 g/mol. The summed E-state index contributed by atoms with van der Waals surface area (Å²) < 4.78 is 27.0. The van der Waals surface area contributed by atoms with Crippen LogP contribution in [0, 0.1) is 18.8 Å². The van der Waals surface area contributed by atoms with Gasteiger partial charge in [-0.3, -0.25) is 14.6 Å². The van der Waals surface area contributed by atoms with Crippen molar-refractivity contribution in [1.82, 2.24) is 9.97 Å². The summed E-state index contributed by atoms with van der Waals surface area (Å²) in [6.45, 7) is 3.53. The molecular formula is C27H22F2N6O2. The van der Waals surface area contributed by atoms with E-state index in [1.165, 1.54) is 0 Å². The molecule has 0 spiro atoms. The fraction of sp³-hybridized carbons (Fsp3) is 0.111. The molecule has 1 atom stereocenters. The van der Waals surface area contributed by atoms with Crippen LogP contribution in [-0.2, 0) is 10.2 Å². The second-order valence-corrected chi connectivity index (χ2v) is 8.85. The molecule has 1 aliphatic rings. The zero-order valence-electron chi connectivity index (χ0n) is 19.9. The van der Waals surface area contributed by atoms with Gasteiger partial charge in [0.2, 0.25) is 17.8 Å². The Morgan fingerprint density at radius 2 is 1.70 bits per heavy atom. The van der Waals surface area contributed by atoms with Gasteiger partial charge in [0.1, 0.15) is 0 Å². The maximum Gasteiger partial charge on any atom is 0.257 e. The second kappa shape index (κ2) is 8.98. The van der Waals surface area contributed by atoms with Crippen molar-refractivity contribution in [1.29, 1.82) is 0 Å². The first-order valence-corrected chi connectivity index (χ1v) is 11.3. The molecule has 3 heterocycles. The number of pyridine rings is 2. The van der Waals surface area contributed by atoms with E-state index in [0.29, 0.717) is 45.1 Å². The van der Waals surface area contributed by atoms with E-state index in [1.807, 2.05) is 0 Å². The summed E-state index contributed by atoms with van der Waals surface area (Å²) in [5, 5.41) is 9.02. The van der Waals surface area contributed by atoms with E-state index in [0.717, 1.165) is 12.1 Å². The molecule has 2 aromatic heterocycles. The zero-order chi connectivity index (χ0) is 26.3. The van der Waals surface area contributed by atoms with E-state index in [9.17, 15) is 18.4 Å².